The van der Waals surface area contributed by atoms with Gasteiger partial charge in [-0.1, -0.05) is 6.07 Å². The maximum Gasteiger partial charge on any atom is 0.263 e. The van der Waals surface area contributed by atoms with Crippen molar-refractivity contribution in [3.63, 3.8) is 0 Å². The molecule has 4 aromatic rings. The van der Waals surface area contributed by atoms with Crippen LogP contribution in [0.5, 0.6) is 23.1 Å². The zero-order chi connectivity index (χ0) is 26.5. The number of rotatable bonds is 8. The van der Waals surface area contributed by atoms with E-state index in [1.165, 1.54) is 6.33 Å². The molecule has 1 atom stereocenters. The average molecular weight is 516 g/mol. The molecule has 1 N–H and O–H groups in total. The Hall–Kier alpha value is -4.44. The van der Waals surface area contributed by atoms with Gasteiger partial charge in [-0.15, -0.1) is 0 Å². The lowest BCUT2D eigenvalue weighted by Gasteiger charge is -2.29. The molecule has 0 radical (unpaired) electrons. The van der Waals surface area contributed by atoms with E-state index in [-0.39, 0.29) is 5.91 Å². The van der Waals surface area contributed by atoms with Crippen LogP contribution in [0.15, 0.2) is 61.1 Å². The van der Waals surface area contributed by atoms with Gasteiger partial charge in [0, 0.05) is 24.8 Å². The standard InChI is InChI=1S/C28H29N5O5/c1-18-15-20(7-9-23(18)38-21-8-10-25(35-3)29-16-21)32-27-26-22(30-17-31-27)5-4-6-24(26)37-19(2)28(34)33-11-13-36-14-12-33/h4-10,15-17,19H,11-14H2,1-3H3,(H,30,31,32). The fourth-order valence-electron chi connectivity index (χ4n) is 4.21. The van der Waals surface area contributed by atoms with Gasteiger partial charge in [0.05, 0.1) is 37.4 Å². The van der Waals surface area contributed by atoms with Crippen LogP contribution in [-0.4, -0.2) is 65.3 Å². The SMILES string of the molecule is COc1ccc(Oc2ccc(Nc3ncnc4cccc(OC(C)C(=O)N5CCOCC5)c34)cc2C)cn1. The summed E-state index contributed by atoms with van der Waals surface area (Å²) in [5.74, 6) is 2.87. The Balaban J connectivity index is 1.36. The van der Waals surface area contributed by atoms with Gasteiger partial charge < -0.3 is 29.2 Å². The van der Waals surface area contributed by atoms with Crippen molar-refractivity contribution in [3.05, 3.63) is 66.6 Å². The summed E-state index contributed by atoms with van der Waals surface area (Å²) in [5.41, 5.74) is 2.44. The molecule has 38 heavy (non-hydrogen) atoms. The summed E-state index contributed by atoms with van der Waals surface area (Å²) in [6.45, 7) is 5.92. The Kier molecular flexibility index (Phi) is 7.50. The van der Waals surface area contributed by atoms with Crippen molar-refractivity contribution in [1.29, 1.82) is 0 Å². The monoisotopic (exact) mass is 515 g/mol. The van der Waals surface area contributed by atoms with Gasteiger partial charge in [-0.25, -0.2) is 15.0 Å². The first kappa shape index (κ1) is 25.2. The Morgan fingerprint density at radius 1 is 1.05 bits per heavy atom. The topological polar surface area (TPSA) is 108 Å². The van der Waals surface area contributed by atoms with Gasteiger partial charge in [0.15, 0.2) is 6.10 Å². The molecule has 0 bridgehead atoms. The second-order valence-corrected chi connectivity index (χ2v) is 8.81. The molecule has 196 valence electrons. The number of amides is 1. The largest absolute Gasteiger partial charge is 0.481 e. The lowest BCUT2D eigenvalue weighted by atomic mass is 10.1. The van der Waals surface area contributed by atoms with Crippen LogP contribution in [0.1, 0.15) is 12.5 Å². The number of hydrogen-bond donors (Lipinski definition) is 1. The Morgan fingerprint density at radius 3 is 2.63 bits per heavy atom. The second-order valence-electron chi connectivity index (χ2n) is 8.81. The van der Waals surface area contributed by atoms with Crippen molar-refractivity contribution >= 4 is 28.3 Å². The minimum atomic E-state index is -0.669. The van der Waals surface area contributed by atoms with Gasteiger partial charge in [0.25, 0.3) is 5.91 Å². The van der Waals surface area contributed by atoms with E-state index in [2.05, 4.69) is 20.3 Å². The first-order valence-electron chi connectivity index (χ1n) is 12.3. The Bertz CT molecular complexity index is 1420. The van der Waals surface area contributed by atoms with E-state index in [0.717, 1.165) is 11.3 Å². The number of aromatic nitrogens is 3. The second kappa shape index (κ2) is 11.3. The molecular formula is C28H29N5O5. The summed E-state index contributed by atoms with van der Waals surface area (Å²) in [6, 6.07) is 14.9. The molecule has 3 heterocycles. The summed E-state index contributed by atoms with van der Waals surface area (Å²) in [4.78, 5) is 27.7. The van der Waals surface area contributed by atoms with Crippen LogP contribution in [-0.2, 0) is 9.53 Å². The molecule has 0 aliphatic carbocycles. The van der Waals surface area contributed by atoms with Crippen molar-refractivity contribution in [2.75, 3.05) is 38.7 Å². The predicted octanol–water partition coefficient (Wildman–Crippen LogP) is 4.50. The molecule has 0 saturated carbocycles. The number of carbonyl (C=O) groups excluding carboxylic acids is 1. The molecule has 1 aliphatic rings. The first-order valence-corrected chi connectivity index (χ1v) is 12.3. The highest BCUT2D eigenvalue weighted by atomic mass is 16.5. The molecule has 1 saturated heterocycles. The number of nitrogens with one attached hydrogen (secondary N) is 1. The number of fused-ring (bicyclic) bond motifs is 1. The molecule has 1 fully saturated rings. The van der Waals surface area contributed by atoms with Gasteiger partial charge in [-0.2, -0.15) is 0 Å². The summed E-state index contributed by atoms with van der Waals surface area (Å²) in [5, 5.41) is 4.07. The van der Waals surface area contributed by atoms with E-state index in [0.29, 0.717) is 66.2 Å². The van der Waals surface area contributed by atoms with E-state index in [1.54, 1.807) is 37.3 Å². The average Bonchev–Trinajstić information content (AvgIpc) is 2.95. The van der Waals surface area contributed by atoms with Crippen LogP contribution in [0.3, 0.4) is 0 Å². The van der Waals surface area contributed by atoms with Crippen LogP contribution >= 0.6 is 0 Å². The van der Waals surface area contributed by atoms with Crippen molar-refractivity contribution in [1.82, 2.24) is 19.9 Å². The molecular weight excluding hydrogens is 486 g/mol. The number of hydrogen-bond acceptors (Lipinski definition) is 9. The quantitative estimate of drug-likeness (QED) is 0.363. The number of nitrogens with zero attached hydrogens (tertiary/aromatic N) is 4. The summed E-state index contributed by atoms with van der Waals surface area (Å²) < 4.78 is 22.6. The lowest BCUT2D eigenvalue weighted by molar-refractivity contribution is -0.142. The zero-order valence-electron chi connectivity index (χ0n) is 21.5. The van der Waals surface area contributed by atoms with E-state index in [9.17, 15) is 4.79 Å². The van der Waals surface area contributed by atoms with E-state index in [1.807, 2.05) is 43.3 Å². The molecule has 1 unspecified atom stereocenters. The van der Waals surface area contributed by atoms with Gasteiger partial charge in [-0.05, 0) is 55.8 Å². The number of ether oxygens (including phenoxy) is 4. The number of pyridine rings is 1. The molecule has 2 aromatic heterocycles. The van der Waals surface area contributed by atoms with Gasteiger partial charge in [0.2, 0.25) is 5.88 Å². The highest BCUT2D eigenvalue weighted by Crippen LogP contribution is 2.34. The van der Waals surface area contributed by atoms with Crippen molar-refractivity contribution in [2.45, 2.75) is 20.0 Å². The predicted molar refractivity (Wildman–Crippen MR) is 142 cm³/mol. The molecule has 2 aromatic carbocycles. The van der Waals surface area contributed by atoms with Crippen molar-refractivity contribution < 1.29 is 23.7 Å². The summed E-state index contributed by atoms with van der Waals surface area (Å²) in [6.07, 6.45) is 2.44. The van der Waals surface area contributed by atoms with Crippen LogP contribution in [0.25, 0.3) is 10.9 Å². The van der Waals surface area contributed by atoms with E-state index < -0.39 is 6.10 Å². The van der Waals surface area contributed by atoms with Gasteiger partial charge in [-0.3, -0.25) is 4.79 Å². The fraction of sp³-hybridized carbons (Fsp3) is 0.286. The fourth-order valence-corrected chi connectivity index (χ4v) is 4.21. The molecule has 1 aliphatic heterocycles. The van der Waals surface area contributed by atoms with Crippen LogP contribution in [0.4, 0.5) is 11.5 Å². The van der Waals surface area contributed by atoms with Crippen molar-refractivity contribution in [3.8, 4) is 23.1 Å². The smallest absolute Gasteiger partial charge is 0.263 e. The number of aryl methyl sites for hydroxylation is 1. The van der Waals surface area contributed by atoms with Crippen LogP contribution in [0, 0.1) is 6.92 Å². The van der Waals surface area contributed by atoms with Gasteiger partial charge in [0.1, 0.15) is 29.4 Å². The number of anilines is 2. The highest BCUT2D eigenvalue weighted by Gasteiger charge is 2.25. The number of morpholine rings is 1. The number of benzene rings is 2. The van der Waals surface area contributed by atoms with E-state index in [4.69, 9.17) is 18.9 Å². The molecule has 10 nitrogen and oxygen atoms in total. The third-order valence-corrected chi connectivity index (χ3v) is 6.18. The molecule has 1 amide bonds. The third kappa shape index (κ3) is 5.60. The molecule has 5 rings (SSSR count). The summed E-state index contributed by atoms with van der Waals surface area (Å²) in [7, 11) is 1.57. The highest BCUT2D eigenvalue weighted by molar-refractivity contribution is 5.96. The summed E-state index contributed by atoms with van der Waals surface area (Å²) >= 11 is 0. The maximum atomic E-state index is 12.9. The van der Waals surface area contributed by atoms with Crippen LogP contribution < -0.4 is 19.5 Å². The number of carbonyl (C=O) groups is 1. The third-order valence-electron chi connectivity index (χ3n) is 6.18. The minimum Gasteiger partial charge on any atom is -0.481 e. The van der Waals surface area contributed by atoms with Crippen LogP contribution in [0.2, 0.25) is 0 Å². The van der Waals surface area contributed by atoms with Gasteiger partial charge >= 0.3 is 0 Å². The first-order chi connectivity index (χ1) is 18.5. The Morgan fingerprint density at radius 2 is 1.89 bits per heavy atom. The maximum absolute atomic E-state index is 12.9. The Labute approximate surface area is 220 Å². The zero-order valence-corrected chi connectivity index (χ0v) is 21.5. The minimum absolute atomic E-state index is 0.0741. The normalized spacial score (nSPS) is 14.1. The lowest BCUT2D eigenvalue weighted by Crippen LogP contribution is -2.46. The van der Waals surface area contributed by atoms with E-state index >= 15 is 0 Å². The van der Waals surface area contributed by atoms with Crippen molar-refractivity contribution in [2.24, 2.45) is 0 Å². The molecule has 10 heteroatoms. The molecule has 0 spiro atoms. The number of methoxy groups -OCH3 is 1.